The average molecular weight is 567 g/mol. The van der Waals surface area contributed by atoms with Gasteiger partial charge in [-0.05, 0) is 60.2 Å². The molecule has 1 N–H and O–H groups in total. The number of halogens is 1. The molecule has 3 aromatic carbocycles. The van der Waals surface area contributed by atoms with Gasteiger partial charge in [-0.2, -0.15) is 0 Å². The van der Waals surface area contributed by atoms with E-state index in [2.05, 4.69) is 21.2 Å². The highest BCUT2D eigenvalue weighted by molar-refractivity contribution is 9.10. The third kappa shape index (κ3) is 5.92. The van der Waals surface area contributed by atoms with Gasteiger partial charge in [-0.3, -0.25) is 14.9 Å². The first-order valence-electron chi connectivity index (χ1n) is 11.1. The lowest BCUT2D eigenvalue weighted by Gasteiger charge is -2.26. The number of rotatable bonds is 9. The van der Waals surface area contributed by atoms with Gasteiger partial charge in [-0.25, -0.2) is 9.69 Å². The van der Waals surface area contributed by atoms with Crippen molar-refractivity contribution in [1.29, 1.82) is 0 Å². The van der Waals surface area contributed by atoms with Crippen molar-refractivity contribution >= 4 is 45.5 Å². The lowest BCUT2D eigenvalue weighted by molar-refractivity contribution is -0.122. The molecule has 190 valence electrons. The third-order valence-electron chi connectivity index (χ3n) is 5.35. The van der Waals surface area contributed by atoms with E-state index in [1.165, 1.54) is 13.2 Å². The number of barbiturate groups is 1. The molecule has 10 heteroatoms. The monoisotopic (exact) mass is 566 g/mol. The lowest BCUT2D eigenvalue weighted by atomic mass is 10.1. The summed E-state index contributed by atoms with van der Waals surface area (Å²) in [5.41, 5.74) is 0.655. The second kappa shape index (κ2) is 11.6. The van der Waals surface area contributed by atoms with E-state index in [1.807, 2.05) is 12.1 Å². The van der Waals surface area contributed by atoms with Crippen LogP contribution in [0.1, 0.15) is 5.56 Å². The summed E-state index contributed by atoms with van der Waals surface area (Å²) in [5.74, 6) is 0.573. The highest BCUT2D eigenvalue weighted by Gasteiger charge is 2.36. The van der Waals surface area contributed by atoms with E-state index < -0.39 is 17.8 Å². The van der Waals surface area contributed by atoms with Gasteiger partial charge < -0.3 is 18.9 Å². The summed E-state index contributed by atoms with van der Waals surface area (Å²) in [6.07, 6.45) is 1.40. The number of carbonyl (C=O) groups is 3. The molecule has 0 aliphatic carbocycles. The van der Waals surface area contributed by atoms with Crippen molar-refractivity contribution in [3.05, 3.63) is 82.3 Å². The number of hydrogen-bond donors (Lipinski definition) is 1. The van der Waals surface area contributed by atoms with Crippen LogP contribution in [0.2, 0.25) is 0 Å². The number of hydrogen-bond acceptors (Lipinski definition) is 7. The highest BCUT2D eigenvalue weighted by Crippen LogP contribution is 2.30. The summed E-state index contributed by atoms with van der Waals surface area (Å²) in [6, 6.07) is 18.0. The van der Waals surface area contributed by atoms with E-state index in [0.29, 0.717) is 34.2 Å². The van der Waals surface area contributed by atoms with Gasteiger partial charge in [0, 0.05) is 4.47 Å². The highest BCUT2D eigenvalue weighted by atomic mass is 79.9. The summed E-state index contributed by atoms with van der Waals surface area (Å²) in [6.45, 7) is 0.504. The van der Waals surface area contributed by atoms with E-state index in [1.54, 1.807) is 61.7 Å². The van der Waals surface area contributed by atoms with Crippen molar-refractivity contribution in [2.45, 2.75) is 0 Å². The maximum Gasteiger partial charge on any atom is 0.335 e. The molecule has 1 fully saturated rings. The van der Waals surface area contributed by atoms with Gasteiger partial charge in [0.15, 0.2) is 23.0 Å². The van der Waals surface area contributed by atoms with Crippen molar-refractivity contribution in [3.63, 3.8) is 0 Å². The topological polar surface area (TPSA) is 103 Å². The predicted octanol–water partition coefficient (Wildman–Crippen LogP) is 4.59. The number of nitrogens with zero attached hydrogens (tertiary/aromatic N) is 1. The maximum atomic E-state index is 13.1. The Morgan fingerprint density at radius 2 is 1.43 bits per heavy atom. The summed E-state index contributed by atoms with van der Waals surface area (Å²) in [5, 5.41) is 2.21. The molecule has 0 spiro atoms. The number of para-hydroxylation sites is 2. The van der Waals surface area contributed by atoms with Crippen LogP contribution in [0.3, 0.4) is 0 Å². The fourth-order valence-electron chi connectivity index (χ4n) is 3.58. The summed E-state index contributed by atoms with van der Waals surface area (Å²) in [7, 11) is 3.05. The van der Waals surface area contributed by atoms with E-state index in [9.17, 15) is 14.4 Å². The Hall–Kier alpha value is -4.31. The second-order valence-electron chi connectivity index (χ2n) is 7.69. The van der Waals surface area contributed by atoms with Crippen molar-refractivity contribution in [1.82, 2.24) is 5.32 Å². The molecule has 9 nitrogen and oxygen atoms in total. The first kappa shape index (κ1) is 25.8. The van der Waals surface area contributed by atoms with Gasteiger partial charge in [0.05, 0.1) is 19.9 Å². The molecule has 4 amide bonds. The fourth-order valence-corrected chi connectivity index (χ4v) is 3.85. The van der Waals surface area contributed by atoms with Crippen LogP contribution in [-0.2, 0) is 9.59 Å². The molecule has 4 rings (SSSR count). The number of methoxy groups -OCH3 is 2. The van der Waals surface area contributed by atoms with Crippen LogP contribution in [-0.4, -0.2) is 45.3 Å². The minimum absolute atomic E-state index is 0.191. The molecule has 37 heavy (non-hydrogen) atoms. The SMILES string of the molecule is COc1ccccc1OCCOc1ccc(/C=C2/C(=O)NC(=O)N(c3ccc(Br)cc3)C2=O)cc1OC. The van der Waals surface area contributed by atoms with E-state index in [-0.39, 0.29) is 18.8 Å². The Morgan fingerprint density at radius 1 is 0.811 bits per heavy atom. The van der Waals surface area contributed by atoms with Crippen LogP contribution in [0.4, 0.5) is 10.5 Å². The average Bonchev–Trinajstić information content (AvgIpc) is 2.90. The summed E-state index contributed by atoms with van der Waals surface area (Å²) < 4.78 is 23.0. The molecule has 1 heterocycles. The molecule has 1 aliphatic rings. The Labute approximate surface area is 221 Å². The molecule has 0 saturated carbocycles. The van der Waals surface area contributed by atoms with Gasteiger partial charge in [-0.15, -0.1) is 0 Å². The number of ether oxygens (including phenoxy) is 4. The van der Waals surface area contributed by atoms with Gasteiger partial charge in [0.2, 0.25) is 0 Å². The van der Waals surface area contributed by atoms with Crippen LogP contribution in [0, 0.1) is 0 Å². The van der Waals surface area contributed by atoms with Crippen molar-refractivity contribution in [2.24, 2.45) is 0 Å². The number of imide groups is 2. The predicted molar refractivity (Wildman–Crippen MR) is 140 cm³/mol. The van der Waals surface area contributed by atoms with Crippen LogP contribution in [0.5, 0.6) is 23.0 Å². The zero-order valence-electron chi connectivity index (χ0n) is 20.0. The van der Waals surface area contributed by atoms with Gasteiger partial charge in [0.25, 0.3) is 11.8 Å². The van der Waals surface area contributed by atoms with Crippen LogP contribution >= 0.6 is 15.9 Å². The zero-order chi connectivity index (χ0) is 26.4. The first-order valence-corrected chi connectivity index (χ1v) is 11.9. The molecular formula is C27H23BrN2O7. The van der Waals surface area contributed by atoms with Crippen LogP contribution < -0.4 is 29.2 Å². The lowest BCUT2D eigenvalue weighted by Crippen LogP contribution is -2.54. The normalized spacial score (nSPS) is 14.4. The largest absolute Gasteiger partial charge is 0.493 e. The zero-order valence-corrected chi connectivity index (χ0v) is 21.6. The molecule has 0 bridgehead atoms. The number of benzene rings is 3. The van der Waals surface area contributed by atoms with E-state index in [0.717, 1.165) is 9.37 Å². The van der Waals surface area contributed by atoms with Crippen molar-refractivity contribution < 1.29 is 33.3 Å². The molecule has 3 aromatic rings. The van der Waals surface area contributed by atoms with Crippen molar-refractivity contribution in [3.8, 4) is 23.0 Å². The minimum Gasteiger partial charge on any atom is -0.493 e. The molecule has 0 unspecified atom stereocenters. The number of amides is 4. The molecule has 1 aliphatic heterocycles. The molecule has 0 aromatic heterocycles. The Kier molecular flexibility index (Phi) is 8.09. The van der Waals surface area contributed by atoms with Crippen LogP contribution in [0.25, 0.3) is 6.08 Å². The summed E-state index contributed by atoms with van der Waals surface area (Å²) in [4.78, 5) is 38.8. The number of urea groups is 1. The van der Waals surface area contributed by atoms with Gasteiger partial charge in [-0.1, -0.05) is 34.1 Å². The van der Waals surface area contributed by atoms with Crippen molar-refractivity contribution in [2.75, 3.05) is 32.3 Å². The standard InChI is InChI=1S/C27H23BrN2O7/c1-34-21-5-3-4-6-22(21)36-13-14-37-23-12-7-17(16-24(23)35-2)15-20-25(31)29-27(33)30(26(20)32)19-10-8-18(28)9-11-19/h3-12,15-16H,13-14H2,1-2H3,(H,29,31,33)/b20-15-. The van der Waals surface area contributed by atoms with Gasteiger partial charge in [0.1, 0.15) is 18.8 Å². The number of carbonyl (C=O) groups excluding carboxylic acids is 3. The first-order chi connectivity index (χ1) is 17.9. The Morgan fingerprint density at radius 3 is 2.08 bits per heavy atom. The van der Waals surface area contributed by atoms with Gasteiger partial charge >= 0.3 is 6.03 Å². The molecular weight excluding hydrogens is 544 g/mol. The quantitative estimate of drug-likeness (QED) is 0.229. The molecule has 0 atom stereocenters. The smallest absolute Gasteiger partial charge is 0.335 e. The second-order valence-corrected chi connectivity index (χ2v) is 8.61. The Bertz CT molecular complexity index is 1360. The number of nitrogens with one attached hydrogen (secondary N) is 1. The third-order valence-corrected chi connectivity index (χ3v) is 5.88. The Balaban J connectivity index is 1.47. The fraction of sp³-hybridized carbons (Fsp3) is 0.148. The number of anilines is 1. The summed E-state index contributed by atoms with van der Waals surface area (Å²) >= 11 is 3.32. The van der Waals surface area contributed by atoms with E-state index in [4.69, 9.17) is 18.9 Å². The maximum absolute atomic E-state index is 13.1. The molecule has 1 saturated heterocycles. The van der Waals surface area contributed by atoms with E-state index >= 15 is 0 Å². The van der Waals surface area contributed by atoms with Crippen LogP contribution in [0.15, 0.2) is 76.8 Å². The molecule has 0 radical (unpaired) electrons. The minimum atomic E-state index is -0.814.